The van der Waals surface area contributed by atoms with Crippen molar-refractivity contribution in [2.75, 3.05) is 14.1 Å². The van der Waals surface area contributed by atoms with Crippen LogP contribution in [0.15, 0.2) is 0 Å². The molecule has 82 valence electrons. The monoisotopic (exact) mass is 232 g/mol. The van der Waals surface area contributed by atoms with E-state index in [-0.39, 0.29) is 23.9 Å². The van der Waals surface area contributed by atoms with Gasteiger partial charge in [0.15, 0.2) is 0 Å². The van der Waals surface area contributed by atoms with Gasteiger partial charge in [-0.2, -0.15) is 0 Å². The number of aryl methyl sites for hydroxylation is 1. The van der Waals surface area contributed by atoms with Crippen LogP contribution >= 0.6 is 11.3 Å². The number of likely N-dealkylation sites (N-methyl/N-ethyl adjacent to an activating group) is 1. The molecule has 0 aliphatic heterocycles. The predicted octanol–water partition coefficient (Wildman–Crippen LogP) is -3.07. The summed E-state index contributed by atoms with van der Waals surface area (Å²) in [5, 5.41) is 10.8. The molecule has 0 aromatic carbocycles. The first kappa shape index (κ1) is 13.7. The molecule has 2 rings (SSSR count). The van der Waals surface area contributed by atoms with Crippen LogP contribution in [-0.2, 0) is 12.8 Å². The molecule has 16 heavy (non-hydrogen) atoms. The summed E-state index contributed by atoms with van der Waals surface area (Å²) >= 11 is 1.26. The van der Waals surface area contributed by atoms with E-state index >= 15 is 0 Å². The maximum Gasteiger partial charge on any atom is 1.00 e. The van der Waals surface area contributed by atoms with Gasteiger partial charge in [-0.05, 0) is 33.4 Å². The molecule has 1 atom stereocenters. The standard InChI is InChI=1S/C10H14N2O2S.Li/c1-12(2)6-3-4-7-8(5-6)15-9(11-7)10(13)14;/h6H,3-5H2,1-2H3,(H,13,14);/q;+1/p-1. The van der Waals surface area contributed by atoms with Gasteiger partial charge < -0.3 is 14.8 Å². The summed E-state index contributed by atoms with van der Waals surface area (Å²) in [7, 11) is 4.10. The third-order valence-corrected chi connectivity index (χ3v) is 3.92. The van der Waals surface area contributed by atoms with Gasteiger partial charge in [0.1, 0.15) is 11.0 Å². The van der Waals surface area contributed by atoms with Gasteiger partial charge in [-0.1, -0.05) is 0 Å². The fraction of sp³-hybridized carbons (Fsp3) is 0.600. The smallest absolute Gasteiger partial charge is 0.542 e. The van der Waals surface area contributed by atoms with Crippen molar-refractivity contribution in [3.05, 3.63) is 15.6 Å². The molecule has 0 saturated heterocycles. The first-order valence-corrected chi connectivity index (χ1v) is 5.76. The molecule has 1 aliphatic rings. The molecule has 1 aliphatic carbocycles. The minimum atomic E-state index is -1.16. The Bertz CT molecular complexity index is 392. The summed E-state index contributed by atoms with van der Waals surface area (Å²) in [6.07, 6.45) is 2.84. The van der Waals surface area contributed by atoms with E-state index in [0.717, 1.165) is 29.8 Å². The molecule has 0 fully saturated rings. The third-order valence-electron chi connectivity index (χ3n) is 2.82. The zero-order chi connectivity index (χ0) is 11.0. The van der Waals surface area contributed by atoms with Crippen LogP contribution in [0, 0.1) is 0 Å². The first-order chi connectivity index (χ1) is 7.08. The van der Waals surface area contributed by atoms with Gasteiger partial charge >= 0.3 is 18.9 Å². The molecule has 0 bridgehead atoms. The number of rotatable bonds is 2. The van der Waals surface area contributed by atoms with E-state index in [0.29, 0.717) is 6.04 Å². The number of carboxylic acids is 1. The van der Waals surface area contributed by atoms with Crippen LogP contribution in [0.25, 0.3) is 0 Å². The van der Waals surface area contributed by atoms with E-state index in [1.807, 2.05) is 0 Å². The SMILES string of the molecule is CN(C)C1CCc2nc(C(=O)[O-])sc2C1.[Li+]. The predicted molar refractivity (Wildman–Crippen MR) is 55.9 cm³/mol. The zero-order valence-corrected chi connectivity index (χ0v) is 10.6. The second kappa shape index (κ2) is 5.33. The molecule has 1 unspecified atom stereocenters. The number of aromatic nitrogens is 1. The number of hydrogen-bond acceptors (Lipinski definition) is 5. The second-order valence-electron chi connectivity index (χ2n) is 4.04. The topological polar surface area (TPSA) is 56.3 Å². The summed E-state index contributed by atoms with van der Waals surface area (Å²) in [4.78, 5) is 18.0. The second-order valence-corrected chi connectivity index (χ2v) is 5.12. The molecule has 1 aromatic heterocycles. The van der Waals surface area contributed by atoms with E-state index in [4.69, 9.17) is 0 Å². The first-order valence-electron chi connectivity index (χ1n) is 4.94. The minimum absolute atomic E-state index is 0. The largest absolute Gasteiger partial charge is 1.00 e. The Morgan fingerprint density at radius 1 is 1.56 bits per heavy atom. The molecule has 0 radical (unpaired) electrons. The fourth-order valence-electron chi connectivity index (χ4n) is 1.89. The molecule has 0 spiro atoms. The summed E-state index contributed by atoms with van der Waals surface area (Å²) in [6, 6.07) is 0.507. The summed E-state index contributed by atoms with van der Waals surface area (Å²) in [5.41, 5.74) is 0.956. The third kappa shape index (κ3) is 2.66. The van der Waals surface area contributed by atoms with E-state index in [1.54, 1.807) is 0 Å². The van der Waals surface area contributed by atoms with Crippen LogP contribution in [0.2, 0.25) is 0 Å². The van der Waals surface area contributed by atoms with Gasteiger partial charge in [0.25, 0.3) is 0 Å². The van der Waals surface area contributed by atoms with E-state index < -0.39 is 5.97 Å². The maximum absolute atomic E-state index is 10.7. The maximum atomic E-state index is 10.7. The number of nitrogens with zero attached hydrogens (tertiary/aromatic N) is 2. The Morgan fingerprint density at radius 3 is 2.81 bits per heavy atom. The molecule has 1 heterocycles. The molecular weight excluding hydrogens is 219 g/mol. The van der Waals surface area contributed by atoms with Crippen LogP contribution in [-0.4, -0.2) is 36.0 Å². The Labute approximate surface area is 111 Å². The molecule has 1 aromatic rings. The number of fused-ring (bicyclic) bond motifs is 1. The van der Waals surface area contributed by atoms with E-state index in [9.17, 15) is 9.90 Å². The number of carbonyl (C=O) groups is 1. The van der Waals surface area contributed by atoms with E-state index in [2.05, 4.69) is 24.0 Å². The number of thiazole rings is 1. The molecule has 0 N–H and O–H groups in total. The number of aromatic carboxylic acids is 1. The fourth-order valence-corrected chi connectivity index (χ4v) is 2.90. The average molecular weight is 232 g/mol. The van der Waals surface area contributed by atoms with Crippen LogP contribution in [0.4, 0.5) is 0 Å². The van der Waals surface area contributed by atoms with Crippen molar-refractivity contribution in [2.45, 2.75) is 25.3 Å². The zero-order valence-electron chi connectivity index (χ0n) is 9.82. The van der Waals surface area contributed by atoms with Crippen molar-refractivity contribution in [1.82, 2.24) is 9.88 Å². The molecule has 0 saturated carbocycles. The molecule has 4 nitrogen and oxygen atoms in total. The summed E-state index contributed by atoms with van der Waals surface area (Å²) in [5.74, 6) is -1.16. The van der Waals surface area contributed by atoms with Crippen molar-refractivity contribution < 1.29 is 28.8 Å². The number of carboxylic acid groups (broad SMARTS) is 1. The van der Waals surface area contributed by atoms with Crippen LogP contribution in [0.1, 0.15) is 26.8 Å². The Balaban J connectivity index is 0.00000128. The average Bonchev–Trinajstić information content (AvgIpc) is 2.59. The van der Waals surface area contributed by atoms with Crippen molar-refractivity contribution in [2.24, 2.45) is 0 Å². The van der Waals surface area contributed by atoms with Crippen molar-refractivity contribution in [3.8, 4) is 0 Å². The number of hydrogen-bond donors (Lipinski definition) is 0. The van der Waals surface area contributed by atoms with Gasteiger partial charge in [-0.3, -0.25) is 0 Å². The Morgan fingerprint density at radius 2 is 2.25 bits per heavy atom. The summed E-state index contributed by atoms with van der Waals surface area (Å²) in [6.45, 7) is 0. The summed E-state index contributed by atoms with van der Waals surface area (Å²) < 4.78 is 0. The molecular formula is C10H13LiN2O2S. The van der Waals surface area contributed by atoms with Gasteiger partial charge in [0, 0.05) is 10.9 Å². The van der Waals surface area contributed by atoms with Crippen molar-refractivity contribution in [1.29, 1.82) is 0 Å². The minimum Gasteiger partial charge on any atom is -0.542 e. The number of carbonyl (C=O) groups excluding carboxylic acids is 1. The Kier molecular flexibility index (Phi) is 4.57. The van der Waals surface area contributed by atoms with Crippen LogP contribution in [0.3, 0.4) is 0 Å². The Hall–Kier alpha value is -0.343. The molecule has 0 amide bonds. The quantitative estimate of drug-likeness (QED) is 0.508. The van der Waals surface area contributed by atoms with Gasteiger partial charge in [0.05, 0.1) is 5.69 Å². The van der Waals surface area contributed by atoms with Crippen LogP contribution in [0.5, 0.6) is 0 Å². The normalized spacial score (nSPS) is 19.1. The van der Waals surface area contributed by atoms with Gasteiger partial charge in [-0.25, -0.2) is 4.98 Å². The van der Waals surface area contributed by atoms with E-state index in [1.165, 1.54) is 11.3 Å². The van der Waals surface area contributed by atoms with Crippen LogP contribution < -0.4 is 24.0 Å². The van der Waals surface area contributed by atoms with Gasteiger partial charge in [-0.15, -0.1) is 11.3 Å². The van der Waals surface area contributed by atoms with Crippen molar-refractivity contribution >= 4 is 17.3 Å². The van der Waals surface area contributed by atoms with Gasteiger partial charge in [0.2, 0.25) is 0 Å². The van der Waals surface area contributed by atoms with Crippen molar-refractivity contribution in [3.63, 3.8) is 0 Å². The molecule has 6 heteroatoms.